The zero-order valence-corrected chi connectivity index (χ0v) is 6.21. The highest BCUT2D eigenvalue weighted by Gasteiger charge is 2.07. The summed E-state index contributed by atoms with van der Waals surface area (Å²) < 4.78 is 12.6. The molecule has 0 saturated heterocycles. The Labute approximate surface area is 59.9 Å². The van der Waals surface area contributed by atoms with Crippen LogP contribution in [0.3, 0.4) is 0 Å². The van der Waals surface area contributed by atoms with Gasteiger partial charge in [0.25, 0.3) is 0 Å². The monoisotopic (exact) mass is 144 g/mol. The van der Waals surface area contributed by atoms with Crippen molar-refractivity contribution in [2.24, 2.45) is 0 Å². The summed E-state index contributed by atoms with van der Waals surface area (Å²) in [4.78, 5) is 0.529. The summed E-state index contributed by atoms with van der Waals surface area (Å²) in [7, 11) is 0. The Morgan fingerprint density at radius 2 is 2.33 bits per heavy atom. The summed E-state index contributed by atoms with van der Waals surface area (Å²) >= 11 is 3.99. The number of allylic oxidation sites excluding steroid dienone is 3. The van der Waals surface area contributed by atoms with Gasteiger partial charge in [-0.05, 0) is 25.8 Å². The summed E-state index contributed by atoms with van der Waals surface area (Å²) in [6.45, 7) is 1.91. The van der Waals surface area contributed by atoms with Crippen LogP contribution < -0.4 is 0 Å². The topological polar surface area (TPSA) is 0 Å². The molecule has 1 rings (SSSR count). The number of halogens is 1. The highest BCUT2D eigenvalue weighted by Crippen LogP contribution is 2.27. The van der Waals surface area contributed by atoms with Crippen molar-refractivity contribution in [3.8, 4) is 0 Å². The molecule has 0 aromatic carbocycles. The summed E-state index contributed by atoms with van der Waals surface area (Å²) in [5, 5.41) is 0. The van der Waals surface area contributed by atoms with Gasteiger partial charge in [0.15, 0.2) is 0 Å². The molecule has 0 atom stereocenters. The summed E-state index contributed by atoms with van der Waals surface area (Å²) in [6.07, 6.45) is 3.35. The van der Waals surface area contributed by atoms with Crippen LogP contribution in [0.15, 0.2) is 22.4 Å². The van der Waals surface area contributed by atoms with Crippen LogP contribution in [0.25, 0.3) is 0 Å². The van der Waals surface area contributed by atoms with E-state index >= 15 is 0 Å². The first-order valence-electron chi connectivity index (χ1n) is 2.96. The lowest BCUT2D eigenvalue weighted by molar-refractivity contribution is 0.643. The van der Waals surface area contributed by atoms with Gasteiger partial charge in [-0.25, -0.2) is 4.39 Å². The molecular formula is C7H9FS. The second-order valence-corrected chi connectivity index (χ2v) is 2.67. The second-order valence-electron chi connectivity index (χ2n) is 2.22. The van der Waals surface area contributed by atoms with Crippen LogP contribution in [-0.4, -0.2) is 0 Å². The van der Waals surface area contributed by atoms with E-state index in [1.54, 1.807) is 6.08 Å². The Kier molecular flexibility index (Phi) is 1.96. The van der Waals surface area contributed by atoms with Gasteiger partial charge in [-0.3, -0.25) is 0 Å². The summed E-state index contributed by atoms with van der Waals surface area (Å²) in [5.74, 6) is -0.165. The number of hydrogen-bond acceptors (Lipinski definition) is 1. The van der Waals surface area contributed by atoms with Crippen molar-refractivity contribution in [2.45, 2.75) is 19.8 Å². The molecule has 1 aliphatic rings. The molecule has 0 aromatic rings. The minimum atomic E-state index is -0.165. The largest absolute Gasteiger partial charge is 0.206 e. The third-order valence-corrected chi connectivity index (χ3v) is 2.07. The highest BCUT2D eigenvalue weighted by atomic mass is 32.1. The van der Waals surface area contributed by atoms with Crippen molar-refractivity contribution < 1.29 is 4.39 Å². The van der Waals surface area contributed by atoms with Gasteiger partial charge in [0.05, 0.1) is 0 Å². The summed E-state index contributed by atoms with van der Waals surface area (Å²) in [6, 6.07) is 0. The lowest BCUT2D eigenvalue weighted by Crippen LogP contribution is -1.89. The van der Waals surface area contributed by atoms with Crippen LogP contribution in [-0.2, 0) is 0 Å². The maximum absolute atomic E-state index is 12.6. The molecular weight excluding hydrogens is 135 g/mol. The SMILES string of the molecule is CC1=C(S)C(F)=CCC1. The van der Waals surface area contributed by atoms with Gasteiger partial charge >= 0.3 is 0 Å². The van der Waals surface area contributed by atoms with E-state index in [1.807, 2.05) is 6.92 Å². The van der Waals surface area contributed by atoms with Crippen LogP contribution in [0, 0.1) is 0 Å². The van der Waals surface area contributed by atoms with Gasteiger partial charge in [-0.2, -0.15) is 0 Å². The minimum absolute atomic E-state index is 0.165. The van der Waals surface area contributed by atoms with Crippen LogP contribution in [0.1, 0.15) is 19.8 Å². The van der Waals surface area contributed by atoms with Crippen molar-refractivity contribution >= 4 is 12.6 Å². The molecule has 2 heteroatoms. The molecule has 0 unspecified atom stereocenters. The third kappa shape index (κ3) is 1.36. The van der Waals surface area contributed by atoms with Gasteiger partial charge < -0.3 is 0 Å². The minimum Gasteiger partial charge on any atom is -0.206 e. The molecule has 0 aliphatic heterocycles. The Hall–Kier alpha value is -0.240. The molecule has 0 nitrogen and oxygen atoms in total. The predicted molar refractivity (Wildman–Crippen MR) is 40.1 cm³/mol. The zero-order chi connectivity index (χ0) is 6.85. The molecule has 50 valence electrons. The van der Waals surface area contributed by atoms with Crippen LogP contribution >= 0.6 is 12.6 Å². The first kappa shape index (κ1) is 6.87. The Morgan fingerprint density at radius 3 is 2.78 bits per heavy atom. The molecule has 0 N–H and O–H groups in total. The van der Waals surface area contributed by atoms with Crippen LogP contribution in [0.5, 0.6) is 0 Å². The highest BCUT2D eigenvalue weighted by molar-refractivity contribution is 7.84. The lowest BCUT2D eigenvalue weighted by atomic mass is 10.1. The molecule has 0 saturated carbocycles. The first-order chi connectivity index (χ1) is 4.22. The van der Waals surface area contributed by atoms with Crippen molar-refractivity contribution in [3.63, 3.8) is 0 Å². The fourth-order valence-electron chi connectivity index (χ4n) is 0.834. The normalized spacial score (nSPS) is 20.1. The third-order valence-electron chi connectivity index (χ3n) is 1.47. The van der Waals surface area contributed by atoms with Gasteiger partial charge in [0, 0.05) is 4.91 Å². The molecule has 0 aromatic heterocycles. The first-order valence-corrected chi connectivity index (χ1v) is 3.41. The van der Waals surface area contributed by atoms with E-state index in [2.05, 4.69) is 12.6 Å². The average molecular weight is 144 g/mol. The van der Waals surface area contributed by atoms with Crippen molar-refractivity contribution in [1.29, 1.82) is 0 Å². The molecule has 1 aliphatic carbocycles. The second kappa shape index (κ2) is 2.56. The maximum atomic E-state index is 12.6. The van der Waals surface area contributed by atoms with E-state index in [0.717, 1.165) is 18.4 Å². The molecule has 0 spiro atoms. The quantitative estimate of drug-likeness (QED) is 0.496. The number of thiol groups is 1. The van der Waals surface area contributed by atoms with Crippen molar-refractivity contribution in [3.05, 3.63) is 22.4 Å². The lowest BCUT2D eigenvalue weighted by Gasteiger charge is -2.08. The molecule has 0 heterocycles. The standard InChI is InChI=1S/C7H9FS/c1-5-3-2-4-6(8)7(5)9/h4,9H,2-3H2,1H3. The summed E-state index contributed by atoms with van der Waals surface area (Å²) in [5.41, 5.74) is 1.05. The Balaban J connectivity index is 2.88. The van der Waals surface area contributed by atoms with E-state index in [0.29, 0.717) is 4.91 Å². The Morgan fingerprint density at radius 1 is 1.67 bits per heavy atom. The van der Waals surface area contributed by atoms with Gasteiger partial charge in [0.2, 0.25) is 0 Å². The fraction of sp³-hybridized carbons (Fsp3) is 0.429. The molecule has 9 heavy (non-hydrogen) atoms. The molecule has 0 fully saturated rings. The van der Waals surface area contributed by atoms with Gasteiger partial charge in [0.1, 0.15) is 5.83 Å². The van der Waals surface area contributed by atoms with Gasteiger partial charge in [-0.1, -0.05) is 5.57 Å². The van der Waals surface area contributed by atoms with Crippen molar-refractivity contribution in [1.82, 2.24) is 0 Å². The maximum Gasteiger partial charge on any atom is 0.132 e. The zero-order valence-electron chi connectivity index (χ0n) is 5.32. The molecule has 0 amide bonds. The number of hydrogen-bond donors (Lipinski definition) is 1. The smallest absolute Gasteiger partial charge is 0.132 e. The van der Waals surface area contributed by atoms with E-state index < -0.39 is 0 Å². The molecule has 0 bridgehead atoms. The fourth-order valence-corrected chi connectivity index (χ4v) is 1.04. The predicted octanol–water partition coefficient (Wildman–Crippen LogP) is 2.84. The van der Waals surface area contributed by atoms with E-state index in [4.69, 9.17) is 0 Å². The molecule has 0 radical (unpaired) electrons. The van der Waals surface area contributed by atoms with Crippen LogP contribution in [0.2, 0.25) is 0 Å². The number of rotatable bonds is 0. The van der Waals surface area contributed by atoms with E-state index in [1.165, 1.54) is 0 Å². The van der Waals surface area contributed by atoms with Crippen molar-refractivity contribution in [2.75, 3.05) is 0 Å². The van der Waals surface area contributed by atoms with Gasteiger partial charge in [-0.15, -0.1) is 12.6 Å². The average Bonchev–Trinajstić information content (AvgIpc) is 1.83. The Bertz CT molecular complexity index is 179. The van der Waals surface area contributed by atoms with Crippen LogP contribution in [0.4, 0.5) is 4.39 Å². The van der Waals surface area contributed by atoms with E-state index in [9.17, 15) is 4.39 Å². The van der Waals surface area contributed by atoms with E-state index in [-0.39, 0.29) is 5.83 Å².